The molecule has 2 fully saturated rings. The Morgan fingerprint density at radius 1 is 1.17 bits per heavy atom. The largest absolute Gasteiger partial charge is 0.462 e. The van der Waals surface area contributed by atoms with Crippen molar-refractivity contribution < 1.29 is 9.53 Å². The van der Waals surface area contributed by atoms with Gasteiger partial charge >= 0.3 is 5.97 Å². The summed E-state index contributed by atoms with van der Waals surface area (Å²) in [6.07, 6.45) is 8.09. The van der Waals surface area contributed by atoms with E-state index in [0.29, 0.717) is 18.3 Å². The summed E-state index contributed by atoms with van der Waals surface area (Å²) in [5, 5.41) is 0. The fourth-order valence-electron chi connectivity index (χ4n) is 3.74. The molecule has 3 nitrogen and oxygen atoms in total. The highest BCUT2D eigenvalue weighted by molar-refractivity contribution is 5.71. The molecule has 2 saturated carbocycles. The zero-order valence-corrected chi connectivity index (χ0v) is 11.8. The molecular weight excluding hydrogens is 226 g/mol. The summed E-state index contributed by atoms with van der Waals surface area (Å²) in [6.45, 7) is 4.50. The highest BCUT2D eigenvalue weighted by Crippen LogP contribution is 2.33. The lowest BCUT2D eigenvalue weighted by atomic mass is 9.82. The number of hydrogen-bond acceptors (Lipinski definition) is 3. The van der Waals surface area contributed by atoms with Gasteiger partial charge in [0.15, 0.2) is 0 Å². The molecule has 0 spiro atoms. The summed E-state index contributed by atoms with van der Waals surface area (Å²) < 4.78 is 5.64. The van der Waals surface area contributed by atoms with Gasteiger partial charge in [-0.1, -0.05) is 26.7 Å². The Hall–Kier alpha value is -0.570. The number of rotatable bonds is 3. The van der Waals surface area contributed by atoms with E-state index in [-0.39, 0.29) is 17.6 Å². The van der Waals surface area contributed by atoms with E-state index in [4.69, 9.17) is 10.5 Å². The van der Waals surface area contributed by atoms with Crippen LogP contribution in [0.5, 0.6) is 0 Å². The van der Waals surface area contributed by atoms with Crippen LogP contribution in [0.4, 0.5) is 0 Å². The first kappa shape index (κ1) is 13.9. The van der Waals surface area contributed by atoms with Gasteiger partial charge in [0.05, 0.1) is 6.42 Å². The second-order valence-electron chi connectivity index (χ2n) is 6.78. The predicted molar refractivity (Wildman–Crippen MR) is 72.1 cm³/mol. The van der Waals surface area contributed by atoms with Crippen LogP contribution in [-0.4, -0.2) is 17.6 Å². The van der Waals surface area contributed by atoms with E-state index in [1.807, 2.05) is 0 Å². The molecule has 2 rings (SSSR count). The molecule has 3 heteroatoms. The maximum atomic E-state index is 12.0. The Labute approximate surface area is 110 Å². The van der Waals surface area contributed by atoms with Crippen molar-refractivity contribution in [3.05, 3.63) is 0 Å². The van der Waals surface area contributed by atoms with Gasteiger partial charge in [-0.05, 0) is 43.9 Å². The first-order valence-corrected chi connectivity index (χ1v) is 7.45. The third-order valence-electron chi connectivity index (χ3n) is 4.53. The molecule has 2 aliphatic rings. The second kappa shape index (κ2) is 5.60. The molecule has 0 radical (unpaired) electrons. The molecule has 18 heavy (non-hydrogen) atoms. The number of carbonyl (C=O) groups is 1. The number of nitrogens with two attached hydrogens (primary N) is 1. The fourth-order valence-corrected chi connectivity index (χ4v) is 3.74. The normalized spacial score (nSPS) is 35.4. The van der Waals surface area contributed by atoms with Gasteiger partial charge in [0.2, 0.25) is 0 Å². The minimum atomic E-state index is -0.275. The lowest BCUT2D eigenvalue weighted by molar-refractivity contribution is -0.153. The number of hydrogen-bond donors (Lipinski definition) is 1. The van der Waals surface area contributed by atoms with Gasteiger partial charge in [-0.2, -0.15) is 0 Å². The third kappa shape index (κ3) is 3.71. The highest BCUT2D eigenvalue weighted by Gasteiger charge is 2.34. The first-order valence-electron chi connectivity index (χ1n) is 7.45. The summed E-state index contributed by atoms with van der Waals surface area (Å²) in [5.74, 6) is 1.26. The molecule has 0 heterocycles. The molecule has 0 aromatic rings. The Kier molecular flexibility index (Phi) is 4.31. The number of carbonyl (C=O) groups excluding carboxylic acids is 1. The average Bonchev–Trinajstić information content (AvgIpc) is 2.62. The summed E-state index contributed by atoms with van der Waals surface area (Å²) in [6, 6.07) is 0. The van der Waals surface area contributed by atoms with E-state index >= 15 is 0 Å². The van der Waals surface area contributed by atoms with E-state index < -0.39 is 0 Å². The van der Waals surface area contributed by atoms with E-state index in [9.17, 15) is 4.79 Å². The van der Waals surface area contributed by atoms with Crippen molar-refractivity contribution in [2.24, 2.45) is 17.6 Å². The van der Waals surface area contributed by atoms with Crippen LogP contribution in [0.1, 0.15) is 65.2 Å². The van der Waals surface area contributed by atoms with Crippen LogP contribution in [-0.2, 0) is 9.53 Å². The standard InChI is InChI=1S/C15H27NO2/c1-11-7-12(2)9-13(8-11)18-14(17)10-15(16)5-3-4-6-15/h11-13H,3-10,16H2,1-2H3. The third-order valence-corrected chi connectivity index (χ3v) is 4.53. The zero-order chi connectivity index (χ0) is 13.2. The Bertz CT molecular complexity index is 287. The van der Waals surface area contributed by atoms with Crippen LogP contribution in [0.3, 0.4) is 0 Å². The molecule has 0 aromatic heterocycles. The molecule has 2 atom stereocenters. The van der Waals surface area contributed by atoms with Gasteiger partial charge in [0, 0.05) is 5.54 Å². The molecule has 2 N–H and O–H groups in total. The molecule has 2 unspecified atom stereocenters. The SMILES string of the molecule is CC1CC(C)CC(OC(=O)CC2(N)CCCC2)C1. The van der Waals surface area contributed by atoms with Gasteiger partial charge < -0.3 is 10.5 Å². The van der Waals surface area contributed by atoms with E-state index in [2.05, 4.69) is 13.8 Å². The van der Waals surface area contributed by atoms with Crippen LogP contribution < -0.4 is 5.73 Å². The van der Waals surface area contributed by atoms with Gasteiger partial charge in [-0.15, -0.1) is 0 Å². The molecule has 2 aliphatic carbocycles. The van der Waals surface area contributed by atoms with Crippen molar-refractivity contribution in [1.29, 1.82) is 0 Å². The van der Waals surface area contributed by atoms with Gasteiger partial charge in [-0.25, -0.2) is 0 Å². The van der Waals surface area contributed by atoms with Crippen LogP contribution in [0, 0.1) is 11.8 Å². The second-order valence-corrected chi connectivity index (χ2v) is 6.78. The van der Waals surface area contributed by atoms with Crippen LogP contribution >= 0.6 is 0 Å². The fraction of sp³-hybridized carbons (Fsp3) is 0.933. The molecular formula is C15H27NO2. The summed E-state index contributed by atoms with van der Waals surface area (Å²) in [5.41, 5.74) is 5.94. The van der Waals surface area contributed by atoms with E-state index in [0.717, 1.165) is 38.5 Å². The Balaban J connectivity index is 1.80. The minimum Gasteiger partial charge on any atom is -0.462 e. The predicted octanol–water partition coefficient (Wildman–Crippen LogP) is 3.02. The van der Waals surface area contributed by atoms with Crippen molar-refractivity contribution in [3.8, 4) is 0 Å². The molecule has 0 saturated heterocycles. The van der Waals surface area contributed by atoms with Crippen molar-refractivity contribution in [2.75, 3.05) is 0 Å². The topological polar surface area (TPSA) is 52.3 Å². The molecule has 0 amide bonds. The molecule has 0 aliphatic heterocycles. The van der Waals surface area contributed by atoms with Gasteiger partial charge in [-0.3, -0.25) is 4.79 Å². The maximum Gasteiger partial charge on any atom is 0.307 e. The summed E-state index contributed by atoms with van der Waals surface area (Å²) in [7, 11) is 0. The average molecular weight is 253 g/mol. The zero-order valence-electron chi connectivity index (χ0n) is 11.8. The lowest BCUT2D eigenvalue weighted by Gasteiger charge is -2.32. The summed E-state index contributed by atoms with van der Waals surface area (Å²) >= 11 is 0. The lowest BCUT2D eigenvalue weighted by Crippen LogP contribution is -2.40. The van der Waals surface area contributed by atoms with Crippen molar-refractivity contribution in [3.63, 3.8) is 0 Å². The quantitative estimate of drug-likeness (QED) is 0.787. The highest BCUT2D eigenvalue weighted by atomic mass is 16.5. The van der Waals surface area contributed by atoms with Crippen LogP contribution in [0.2, 0.25) is 0 Å². The summed E-state index contributed by atoms with van der Waals surface area (Å²) in [4.78, 5) is 12.0. The Morgan fingerprint density at radius 2 is 1.72 bits per heavy atom. The van der Waals surface area contributed by atoms with E-state index in [1.165, 1.54) is 6.42 Å². The van der Waals surface area contributed by atoms with Gasteiger partial charge in [0.25, 0.3) is 0 Å². The van der Waals surface area contributed by atoms with Crippen LogP contribution in [0.25, 0.3) is 0 Å². The maximum absolute atomic E-state index is 12.0. The van der Waals surface area contributed by atoms with Crippen LogP contribution in [0.15, 0.2) is 0 Å². The minimum absolute atomic E-state index is 0.0781. The van der Waals surface area contributed by atoms with E-state index in [1.54, 1.807) is 0 Å². The molecule has 104 valence electrons. The van der Waals surface area contributed by atoms with Crippen molar-refractivity contribution in [1.82, 2.24) is 0 Å². The van der Waals surface area contributed by atoms with Crippen molar-refractivity contribution >= 4 is 5.97 Å². The number of esters is 1. The first-order chi connectivity index (χ1) is 8.47. The van der Waals surface area contributed by atoms with Crippen molar-refractivity contribution in [2.45, 2.75) is 76.9 Å². The molecule has 0 bridgehead atoms. The number of ether oxygens (including phenoxy) is 1. The monoisotopic (exact) mass is 253 g/mol. The smallest absolute Gasteiger partial charge is 0.307 e. The van der Waals surface area contributed by atoms with Gasteiger partial charge in [0.1, 0.15) is 6.10 Å². The Morgan fingerprint density at radius 3 is 2.28 bits per heavy atom. The molecule has 0 aromatic carbocycles.